The molecule has 0 saturated carbocycles. The molecule has 2 aromatic rings. The van der Waals surface area contributed by atoms with Crippen LogP contribution in [0.15, 0.2) is 60.7 Å². The van der Waals surface area contributed by atoms with Crippen molar-refractivity contribution in [1.29, 1.82) is 0 Å². The van der Waals surface area contributed by atoms with E-state index in [0.717, 1.165) is 11.1 Å². The minimum atomic E-state index is -1.03. The molecule has 1 atom stereocenters. The number of hydrogen-bond acceptors (Lipinski definition) is 6. The van der Waals surface area contributed by atoms with Crippen LogP contribution in [0.3, 0.4) is 0 Å². The third-order valence-electron chi connectivity index (χ3n) is 5.17. The van der Waals surface area contributed by atoms with Crippen molar-refractivity contribution in [2.24, 2.45) is 0 Å². The van der Waals surface area contributed by atoms with E-state index < -0.39 is 18.1 Å². The van der Waals surface area contributed by atoms with E-state index in [4.69, 9.17) is 14.2 Å². The van der Waals surface area contributed by atoms with Crippen LogP contribution in [0.5, 0.6) is 0 Å². The minimum absolute atomic E-state index is 0.0704. The predicted octanol–water partition coefficient (Wildman–Crippen LogP) is 2.62. The number of likely N-dealkylation sites (N-methyl/N-ethyl adjacent to an activating group) is 1. The summed E-state index contributed by atoms with van der Waals surface area (Å²) in [5, 5.41) is 0. The van der Waals surface area contributed by atoms with Gasteiger partial charge in [0.2, 0.25) is 5.91 Å². The molecule has 2 aromatic carbocycles. The monoisotopic (exact) mass is 440 g/mol. The fourth-order valence-corrected chi connectivity index (χ4v) is 3.29. The highest BCUT2D eigenvalue weighted by atomic mass is 16.6. The molecule has 8 nitrogen and oxygen atoms in total. The molecule has 0 aliphatic carbocycles. The van der Waals surface area contributed by atoms with Crippen molar-refractivity contribution >= 4 is 18.0 Å². The zero-order chi connectivity index (χ0) is 22.8. The van der Waals surface area contributed by atoms with Gasteiger partial charge in [0.05, 0.1) is 19.6 Å². The Labute approximate surface area is 187 Å². The molecule has 8 heteroatoms. The topological polar surface area (TPSA) is 85.4 Å². The summed E-state index contributed by atoms with van der Waals surface area (Å²) in [7, 11) is 1.46. The normalized spacial score (nSPS) is 14.3. The van der Waals surface area contributed by atoms with Crippen molar-refractivity contribution < 1.29 is 28.6 Å². The molecule has 1 aliphatic rings. The van der Waals surface area contributed by atoms with E-state index in [2.05, 4.69) is 0 Å². The molecule has 1 fully saturated rings. The Morgan fingerprint density at radius 3 is 2.00 bits per heavy atom. The second kappa shape index (κ2) is 11.9. The Balaban J connectivity index is 1.63. The number of rotatable bonds is 8. The Kier molecular flexibility index (Phi) is 8.62. The molecule has 0 N–H and O–H groups in total. The lowest BCUT2D eigenvalue weighted by molar-refractivity contribution is -0.151. The molecule has 1 unspecified atom stereocenters. The summed E-state index contributed by atoms with van der Waals surface area (Å²) >= 11 is 0. The number of amides is 2. The number of morpholine rings is 1. The largest absolute Gasteiger partial charge is 0.461 e. The van der Waals surface area contributed by atoms with E-state index in [1.54, 1.807) is 4.90 Å². The van der Waals surface area contributed by atoms with Gasteiger partial charge in [-0.2, -0.15) is 0 Å². The van der Waals surface area contributed by atoms with Crippen LogP contribution in [-0.4, -0.2) is 67.2 Å². The fourth-order valence-electron chi connectivity index (χ4n) is 3.29. The fraction of sp³-hybridized carbons (Fsp3) is 0.375. The molecule has 1 saturated heterocycles. The summed E-state index contributed by atoms with van der Waals surface area (Å²) in [5.41, 5.74) is 1.67. The summed E-state index contributed by atoms with van der Waals surface area (Å²) in [6.45, 7) is 1.81. The first kappa shape index (κ1) is 23.3. The van der Waals surface area contributed by atoms with Gasteiger partial charge in [-0.05, 0) is 11.1 Å². The molecule has 2 amide bonds. The lowest BCUT2D eigenvalue weighted by Crippen LogP contribution is -2.53. The van der Waals surface area contributed by atoms with Gasteiger partial charge in [-0.15, -0.1) is 0 Å². The van der Waals surface area contributed by atoms with Crippen molar-refractivity contribution in [3.63, 3.8) is 0 Å². The van der Waals surface area contributed by atoms with Crippen LogP contribution in [0.25, 0.3) is 0 Å². The van der Waals surface area contributed by atoms with Gasteiger partial charge in [-0.3, -0.25) is 14.5 Å². The molecule has 1 aliphatic heterocycles. The Hall–Kier alpha value is -3.39. The Morgan fingerprint density at radius 2 is 1.44 bits per heavy atom. The van der Waals surface area contributed by atoms with Gasteiger partial charge < -0.3 is 19.1 Å². The summed E-state index contributed by atoms with van der Waals surface area (Å²) < 4.78 is 16.0. The zero-order valence-corrected chi connectivity index (χ0v) is 18.1. The first-order chi connectivity index (χ1) is 15.5. The lowest BCUT2D eigenvalue weighted by Gasteiger charge is -2.33. The predicted molar refractivity (Wildman–Crippen MR) is 116 cm³/mol. The molecule has 32 heavy (non-hydrogen) atoms. The molecule has 0 radical (unpaired) electrons. The van der Waals surface area contributed by atoms with Crippen molar-refractivity contribution in [3.05, 3.63) is 71.8 Å². The Bertz CT molecular complexity index is 884. The maximum absolute atomic E-state index is 13.1. The molecular weight excluding hydrogens is 412 g/mol. The molecular formula is C24H28N2O6. The van der Waals surface area contributed by atoms with E-state index in [1.807, 2.05) is 60.7 Å². The van der Waals surface area contributed by atoms with Crippen LogP contribution < -0.4 is 0 Å². The van der Waals surface area contributed by atoms with Gasteiger partial charge in [0.25, 0.3) is 0 Å². The first-order valence-corrected chi connectivity index (χ1v) is 10.5. The van der Waals surface area contributed by atoms with E-state index >= 15 is 0 Å². The van der Waals surface area contributed by atoms with Crippen LogP contribution in [-0.2, 0) is 37.0 Å². The highest BCUT2D eigenvalue weighted by Gasteiger charge is 2.34. The second-order valence-corrected chi connectivity index (χ2v) is 7.45. The maximum atomic E-state index is 13.1. The summed E-state index contributed by atoms with van der Waals surface area (Å²) in [6.07, 6.45) is -0.948. The van der Waals surface area contributed by atoms with Crippen LogP contribution >= 0.6 is 0 Å². The first-order valence-electron chi connectivity index (χ1n) is 10.5. The van der Waals surface area contributed by atoms with Crippen molar-refractivity contribution in [1.82, 2.24) is 9.80 Å². The SMILES string of the molecule is CN(C(=O)OCc1ccccc1)C(CC(=O)OCc1ccccc1)C(=O)N1CCOCC1. The standard InChI is InChI=1S/C24H28N2O6/c1-25(24(29)32-18-20-10-6-3-7-11-20)21(23(28)26-12-14-30-15-13-26)16-22(27)31-17-19-8-4-2-5-9-19/h2-11,21H,12-18H2,1H3. The van der Waals surface area contributed by atoms with E-state index in [1.165, 1.54) is 11.9 Å². The molecule has 1 heterocycles. The number of carbonyl (C=O) groups excluding carboxylic acids is 3. The molecule has 170 valence electrons. The number of carbonyl (C=O) groups is 3. The van der Waals surface area contributed by atoms with Crippen molar-refractivity contribution in [3.8, 4) is 0 Å². The molecule has 0 spiro atoms. The third-order valence-corrected chi connectivity index (χ3v) is 5.17. The average molecular weight is 440 g/mol. The van der Waals surface area contributed by atoms with Crippen molar-refractivity contribution in [2.45, 2.75) is 25.7 Å². The maximum Gasteiger partial charge on any atom is 0.410 e. The van der Waals surface area contributed by atoms with Gasteiger partial charge in [0.1, 0.15) is 19.3 Å². The molecule has 3 rings (SSSR count). The summed E-state index contributed by atoms with van der Waals surface area (Å²) in [5.74, 6) is -0.896. The molecule has 0 aromatic heterocycles. The van der Waals surface area contributed by atoms with E-state index in [9.17, 15) is 14.4 Å². The number of hydrogen-bond donors (Lipinski definition) is 0. The van der Waals surface area contributed by atoms with Crippen LogP contribution in [0, 0.1) is 0 Å². The summed E-state index contributed by atoms with van der Waals surface area (Å²) in [4.78, 5) is 41.1. The number of benzene rings is 2. The minimum Gasteiger partial charge on any atom is -0.461 e. The van der Waals surface area contributed by atoms with Gasteiger partial charge in [-0.1, -0.05) is 60.7 Å². The third kappa shape index (κ3) is 6.81. The van der Waals surface area contributed by atoms with Gasteiger partial charge in [0, 0.05) is 20.1 Å². The van der Waals surface area contributed by atoms with Gasteiger partial charge in [0.15, 0.2) is 0 Å². The average Bonchev–Trinajstić information content (AvgIpc) is 2.85. The second-order valence-electron chi connectivity index (χ2n) is 7.45. The van der Waals surface area contributed by atoms with Crippen LogP contribution in [0.1, 0.15) is 17.5 Å². The molecule has 0 bridgehead atoms. The number of nitrogens with zero attached hydrogens (tertiary/aromatic N) is 2. The van der Waals surface area contributed by atoms with Gasteiger partial charge in [-0.25, -0.2) is 4.79 Å². The number of esters is 1. The lowest BCUT2D eigenvalue weighted by atomic mass is 10.1. The quantitative estimate of drug-likeness (QED) is 0.587. The highest BCUT2D eigenvalue weighted by Crippen LogP contribution is 2.14. The van der Waals surface area contributed by atoms with E-state index in [-0.39, 0.29) is 25.5 Å². The van der Waals surface area contributed by atoms with Crippen LogP contribution in [0.2, 0.25) is 0 Å². The Morgan fingerprint density at radius 1 is 0.906 bits per heavy atom. The number of ether oxygens (including phenoxy) is 3. The highest BCUT2D eigenvalue weighted by molar-refractivity contribution is 5.89. The van der Waals surface area contributed by atoms with Gasteiger partial charge >= 0.3 is 12.1 Å². The van der Waals surface area contributed by atoms with Crippen LogP contribution in [0.4, 0.5) is 4.79 Å². The van der Waals surface area contributed by atoms with E-state index in [0.29, 0.717) is 26.3 Å². The zero-order valence-electron chi connectivity index (χ0n) is 18.1. The van der Waals surface area contributed by atoms with Crippen molar-refractivity contribution in [2.75, 3.05) is 33.4 Å². The smallest absolute Gasteiger partial charge is 0.410 e. The summed E-state index contributed by atoms with van der Waals surface area (Å²) in [6, 6.07) is 17.5.